The molecule has 0 atom stereocenters. The van der Waals surface area contributed by atoms with Crippen LogP contribution in [0.3, 0.4) is 0 Å². The van der Waals surface area contributed by atoms with E-state index in [2.05, 4.69) is 6.92 Å². The minimum absolute atomic E-state index is 0.165. The van der Waals surface area contributed by atoms with Gasteiger partial charge in [0.1, 0.15) is 0 Å². The first-order valence-electron chi connectivity index (χ1n) is 6.44. The zero-order chi connectivity index (χ0) is 11.8. The number of piperidine rings is 1. The van der Waals surface area contributed by atoms with Crippen LogP contribution in [0.1, 0.15) is 53.9 Å². The SMILES string of the molecule is CC.CCC1CCN(C(=O)C(C)C)CC1. The molecule has 15 heavy (non-hydrogen) atoms. The maximum atomic E-state index is 11.6. The lowest BCUT2D eigenvalue weighted by atomic mass is 9.94. The van der Waals surface area contributed by atoms with Crippen molar-refractivity contribution in [3.63, 3.8) is 0 Å². The first-order chi connectivity index (χ1) is 7.15. The molecular weight excluding hydrogens is 186 g/mol. The standard InChI is InChI=1S/C11H21NO.C2H6/c1-4-10-5-7-12(8-6-10)11(13)9(2)3;1-2/h9-10H,4-8H2,1-3H3;1-2H3. The van der Waals surface area contributed by atoms with Crippen molar-refractivity contribution in [2.24, 2.45) is 11.8 Å². The van der Waals surface area contributed by atoms with Crippen LogP contribution in [0.4, 0.5) is 0 Å². The first-order valence-corrected chi connectivity index (χ1v) is 6.44. The van der Waals surface area contributed by atoms with E-state index in [9.17, 15) is 4.79 Å². The zero-order valence-electron chi connectivity index (χ0n) is 11.0. The number of amides is 1. The van der Waals surface area contributed by atoms with Crippen LogP contribution in [-0.4, -0.2) is 23.9 Å². The van der Waals surface area contributed by atoms with Gasteiger partial charge in [0.25, 0.3) is 0 Å². The molecule has 1 amide bonds. The minimum Gasteiger partial charge on any atom is -0.342 e. The van der Waals surface area contributed by atoms with Gasteiger partial charge in [-0.2, -0.15) is 0 Å². The molecule has 0 unspecified atom stereocenters. The number of hydrogen-bond donors (Lipinski definition) is 0. The molecule has 1 heterocycles. The number of hydrogen-bond acceptors (Lipinski definition) is 1. The molecule has 1 aliphatic rings. The number of nitrogens with zero attached hydrogens (tertiary/aromatic N) is 1. The number of rotatable bonds is 2. The fourth-order valence-corrected chi connectivity index (χ4v) is 1.93. The van der Waals surface area contributed by atoms with Gasteiger partial charge < -0.3 is 4.90 Å². The molecule has 0 spiro atoms. The molecule has 0 saturated carbocycles. The van der Waals surface area contributed by atoms with E-state index < -0.39 is 0 Å². The van der Waals surface area contributed by atoms with Gasteiger partial charge in [-0.15, -0.1) is 0 Å². The second kappa shape index (κ2) is 7.72. The largest absolute Gasteiger partial charge is 0.342 e. The third-order valence-electron chi connectivity index (χ3n) is 3.00. The van der Waals surface area contributed by atoms with Crippen LogP contribution in [0.25, 0.3) is 0 Å². The summed E-state index contributed by atoms with van der Waals surface area (Å²) >= 11 is 0. The summed E-state index contributed by atoms with van der Waals surface area (Å²) in [5, 5.41) is 0. The third-order valence-corrected chi connectivity index (χ3v) is 3.00. The van der Waals surface area contributed by atoms with Crippen molar-refractivity contribution in [3.8, 4) is 0 Å². The summed E-state index contributed by atoms with van der Waals surface area (Å²) in [6, 6.07) is 0. The monoisotopic (exact) mass is 213 g/mol. The second-order valence-electron chi connectivity index (χ2n) is 4.33. The Morgan fingerprint density at radius 3 is 2.07 bits per heavy atom. The zero-order valence-corrected chi connectivity index (χ0v) is 11.0. The molecule has 0 aromatic heterocycles. The molecule has 1 rings (SSSR count). The van der Waals surface area contributed by atoms with Crippen LogP contribution in [-0.2, 0) is 4.79 Å². The smallest absolute Gasteiger partial charge is 0.225 e. The van der Waals surface area contributed by atoms with E-state index in [1.54, 1.807) is 0 Å². The highest BCUT2D eigenvalue weighted by molar-refractivity contribution is 5.78. The van der Waals surface area contributed by atoms with Crippen LogP contribution < -0.4 is 0 Å². The molecule has 0 aromatic carbocycles. The van der Waals surface area contributed by atoms with Crippen molar-refractivity contribution >= 4 is 5.91 Å². The van der Waals surface area contributed by atoms with Gasteiger partial charge in [0.2, 0.25) is 5.91 Å². The lowest BCUT2D eigenvalue weighted by Crippen LogP contribution is -2.40. The van der Waals surface area contributed by atoms with Crippen molar-refractivity contribution in [2.75, 3.05) is 13.1 Å². The van der Waals surface area contributed by atoms with Crippen molar-refractivity contribution in [1.29, 1.82) is 0 Å². The third kappa shape index (κ3) is 4.67. The van der Waals surface area contributed by atoms with Gasteiger partial charge in [-0.3, -0.25) is 4.79 Å². The Bertz CT molecular complexity index is 169. The predicted octanol–water partition coefficient (Wildman–Crippen LogP) is 3.32. The Morgan fingerprint density at radius 1 is 1.27 bits per heavy atom. The van der Waals surface area contributed by atoms with Crippen molar-refractivity contribution in [1.82, 2.24) is 4.90 Å². The summed E-state index contributed by atoms with van der Waals surface area (Å²) in [4.78, 5) is 13.6. The lowest BCUT2D eigenvalue weighted by Gasteiger charge is -2.32. The molecule has 1 aliphatic heterocycles. The summed E-state index contributed by atoms with van der Waals surface area (Å²) in [6.45, 7) is 12.2. The van der Waals surface area contributed by atoms with Gasteiger partial charge in [0, 0.05) is 19.0 Å². The predicted molar refractivity (Wildman–Crippen MR) is 65.8 cm³/mol. The van der Waals surface area contributed by atoms with E-state index in [0.717, 1.165) is 19.0 Å². The van der Waals surface area contributed by atoms with Crippen molar-refractivity contribution in [3.05, 3.63) is 0 Å². The average molecular weight is 213 g/mol. The van der Waals surface area contributed by atoms with E-state index in [1.807, 2.05) is 32.6 Å². The highest BCUT2D eigenvalue weighted by Gasteiger charge is 2.22. The quantitative estimate of drug-likeness (QED) is 0.689. The molecule has 1 saturated heterocycles. The molecule has 90 valence electrons. The Morgan fingerprint density at radius 2 is 1.73 bits per heavy atom. The molecule has 1 fully saturated rings. The van der Waals surface area contributed by atoms with Crippen molar-refractivity contribution < 1.29 is 4.79 Å². The molecule has 0 N–H and O–H groups in total. The summed E-state index contributed by atoms with van der Waals surface area (Å²) in [5.74, 6) is 1.35. The summed E-state index contributed by atoms with van der Waals surface area (Å²) < 4.78 is 0. The average Bonchev–Trinajstić information content (AvgIpc) is 2.31. The Kier molecular flexibility index (Phi) is 7.45. The summed E-state index contributed by atoms with van der Waals surface area (Å²) in [7, 11) is 0. The summed E-state index contributed by atoms with van der Waals surface area (Å²) in [5.41, 5.74) is 0. The molecule has 0 bridgehead atoms. The molecule has 2 heteroatoms. The second-order valence-corrected chi connectivity index (χ2v) is 4.33. The number of carbonyl (C=O) groups excluding carboxylic acids is 1. The maximum Gasteiger partial charge on any atom is 0.225 e. The topological polar surface area (TPSA) is 20.3 Å². The van der Waals surface area contributed by atoms with Crippen LogP contribution in [0.15, 0.2) is 0 Å². The highest BCUT2D eigenvalue weighted by Crippen LogP contribution is 2.20. The van der Waals surface area contributed by atoms with Crippen LogP contribution in [0.5, 0.6) is 0 Å². The van der Waals surface area contributed by atoms with Gasteiger partial charge in [0.15, 0.2) is 0 Å². The molecule has 0 aromatic rings. The number of likely N-dealkylation sites (tertiary alicyclic amines) is 1. The van der Waals surface area contributed by atoms with E-state index in [4.69, 9.17) is 0 Å². The molecule has 2 nitrogen and oxygen atoms in total. The van der Waals surface area contributed by atoms with Crippen LogP contribution in [0, 0.1) is 11.8 Å². The van der Waals surface area contributed by atoms with Crippen molar-refractivity contribution in [2.45, 2.75) is 53.9 Å². The Hall–Kier alpha value is -0.530. The van der Waals surface area contributed by atoms with Crippen LogP contribution in [0.2, 0.25) is 0 Å². The van der Waals surface area contributed by atoms with Crippen LogP contribution >= 0.6 is 0 Å². The Labute approximate surface area is 95.0 Å². The lowest BCUT2D eigenvalue weighted by molar-refractivity contribution is -0.135. The normalized spacial score (nSPS) is 17.3. The van der Waals surface area contributed by atoms with E-state index in [-0.39, 0.29) is 5.92 Å². The fraction of sp³-hybridized carbons (Fsp3) is 0.923. The van der Waals surface area contributed by atoms with Gasteiger partial charge in [-0.05, 0) is 18.8 Å². The van der Waals surface area contributed by atoms with E-state index >= 15 is 0 Å². The molecule has 0 radical (unpaired) electrons. The maximum absolute atomic E-state index is 11.6. The van der Waals surface area contributed by atoms with E-state index in [1.165, 1.54) is 19.3 Å². The molecular formula is C13H27NO. The highest BCUT2D eigenvalue weighted by atomic mass is 16.2. The summed E-state index contributed by atoms with van der Waals surface area (Å²) in [6.07, 6.45) is 3.67. The number of carbonyl (C=O) groups is 1. The fourth-order valence-electron chi connectivity index (χ4n) is 1.93. The Balaban J connectivity index is 0.000000921. The first kappa shape index (κ1) is 14.5. The minimum atomic E-state index is 0.165. The van der Waals surface area contributed by atoms with E-state index in [0.29, 0.717) is 5.91 Å². The van der Waals surface area contributed by atoms with Gasteiger partial charge in [-0.1, -0.05) is 41.0 Å². The van der Waals surface area contributed by atoms with Gasteiger partial charge in [0.05, 0.1) is 0 Å². The van der Waals surface area contributed by atoms with Gasteiger partial charge >= 0.3 is 0 Å². The van der Waals surface area contributed by atoms with Gasteiger partial charge in [-0.25, -0.2) is 0 Å². The molecule has 0 aliphatic carbocycles.